The minimum Gasteiger partial charge on any atom is -0.480 e. The van der Waals surface area contributed by atoms with Gasteiger partial charge in [0.05, 0.1) is 18.1 Å². The van der Waals surface area contributed by atoms with Gasteiger partial charge in [0.1, 0.15) is 0 Å². The third kappa shape index (κ3) is 4.91. The fourth-order valence-electron chi connectivity index (χ4n) is 2.32. The van der Waals surface area contributed by atoms with E-state index in [0.29, 0.717) is 19.6 Å². The van der Waals surface area contributed by atoms with Crippen molar-refractivity contribution in [3.63, 3.8) is 0 Å². The topological polar surface area (TPSA) is 83.9 Å². The van der Waals surface area contributed by atoms with Gasteiger partial charge in [-0.2, -0.15) is 0 Å². The van der Waals surface area contributed by atoms with Crippen LogP contribution in [0.1, 0.15) is 13.3 Å². The molecule has 1 saturated heterocycles. The number of nitrogens with zero attached hydrogens (tertiary/aromatic N) is 1. The van der Waals surface area contributed by atoms with E-state index in [-0.39, 0.29) is 30.0 Å². The average Bonchev–Trinajstić information content (AvgIpc) is 2.57. The average molecular weight is 279 g/mol. The first-order chi connectivity index (χ1) is 8.34. The molecule has 1 N–H and O–H groups in total. The molecule has 1 heterocycles. The Morgan fingerprint density at radius 1 is 1.56 bits per heavy atom. The number of sulfone groups is 1. The number of ether oxygens (including phenoxy) is 1. The van der Waals surface area contributed by atoms with Crippen molar-refractivity contribution in [2.75, 3.05) is 38.3 Å². The summed E-state index contributed by atoms with van der Waals surface area (Å²) in [6.45, 7) is 2.92. The first-order valence-electron chi connectivity index (χ1n) is 5.99. The molecule has 0 aliphatic carbocycles. The lowest BCUT2D eigenvalue weighted by Crippen LogP contribution is -2.43. The Labute approximate surface area is 108 Å². The molecule has 0 saturated carbocycles. The Morgan fingerprint density at radius 2 is 2.22 bits per heavy atom. The predicted octanol–water partition coefficient (Wildman–Crippen LogP) is -0.157. The van der Waals surface area contributed by atoms with Gasteiger partial charge in [-0.1, -0.05) is 6.92 Å². The van der Waals surface area contributed by atoms with Crippen molar-refractivity contribution < 1.29 is 23.1 Å². The van der Waals surface area contributed by atoms with E-state index >= 15 is 0 Å². The summed E-state index contributed by atoms with van der Waals surface area (Å²) in [5.74, 6) is -0.520. The van der Waals surface area contributed by atoms with Gasteiger partial charge in [0, 0.05) is 26.3 Å². The van der Waals surface area contributed by atoms with Crippen LogP contribution in [0.4, 0.5) is 0 Å². The minimum absolute atomic E-state index is 0.0694. The standard InChI is InChI=1S/C11H21NO5S/c1-9(7-17-2)5-12(6-11(13)14)10-3-4-18(15,16)8-10/h9-10H,3-8H2,1-2H3,(H,13,14). The Balaban J connectivity index is 2.64. The zero-order valence-electron chi connectivity index (χ0n) is 10.8. The highest BCUT2D eigenvalue weighted by atomic mass is 32.2. The summed E-state index contributed by atoms with van der Waals surface area (Å²) in [5.41, 5.74) is 0. The number of aliphatic carboxylic acids is 1. The first kappa shape index (κ1) is 15.4. The molecule has 0 amide bonds. The van der Waals surface area contributed by atoms with Gasteiger partial charge in [-0.05, 0) is 12.3 Å². The Kier molecular flexibility index (Phi) is 5.55. The Hall–Kier alpha value is -0.660. The summed E-state index contributed by atoms with van der Waals surface area (Å²) in [5, 5.41) is 8.89. The highest BCUT2D eigenvalue weighted by Crippen LogP contribution is 2.18. The van der Waals surface area contributed by atoms with Crippen molar-refractivity contribution in [1.29, 1.82) is 0 Å². The predicted molar refractivity (Wildman–Crippen MR) is 67.3 cm³/mol. The lowest BCUT2D eigenvalue weighted by Gasteiger charge is -2.28. The van der Waals surface area contributed by atoms with E-state index in [2.05, 4.69) is 0 Å². The highest BCUT2D eigenvalue weighted by molar-refractivity contribution is 7.91. The number of carboxylic acid groups (broad SMARTS) is 1. The van der Waals surface area contributed by atoms with E-state index in [4.69, 9.17) is 9.84 Å². The highest BCUT2D eigenvalue weighted by Gasteiger charge is 2.33. The van der Waals surface area contributed by atoms with Gasteiger partial charge in [-0.15, -0.1) is 0 Å². The summed E-state index contributed by atoms with van der Waals surface area (Å²) < 4.78 is 27.9. The zero-order chi connectivity index (χ0) is 13.8. The molecule has 1 rings (SSSR count). The van der Waals surface area contributed by atoms with Crippen LogP contribution in [-0.4, -0.2) is 68.7 Å². The number of rotatable bonds is 7. The summed E-state index contributed by atoms with van der Waals surface area (Å²) >= 11 is 0. The fraction of sp³-hybridized carbons (Fsp3) is 0.909. The molecular formula is C11H21NO5S. The van der Waals surface area contributed by atoms with Crippen molar-refractivity contribution in [3.05, 3.63) is 0 Å². The summed E-state index contributed by atoms with van der Waals surface area (Å²) in [6, 6.07) is -0.176. The normalized spacial score (nSPS) is 24.3. The van der Waals surface area contributed by atoms with Crippen LogP contribution in [0.15, 0.2) is 0 Å². The molecular weight excluding hydrogens is 258 g/mol. The molecule has 0 bridgehead atoms. The molecule has 2 unspecified atom stereocenters. The molecule has 6 nitrogen and oxygen atoms in total. The smallest absolute Gasteiger partial charge is 0.317 e. The van der Waals surface area contributed by atoms with Crippen LogP contribution >= 0.6 is 0 Å². The summed E-state index contributed by atoms with van der Waals surface area (Å²) in [4.78, 5) is 12.6. The van der Waals surface area contributed by atoms with Crippen LogP contribution < -0.4 is 0 Å². The largest absolute Gasteiger partial charge is 0.480 e. The number of methoxy groups -OCH3 is 1. The van der Waals surface area contributed by atoms with E-state index in [1.807, 2.05) is 6.92 Å². The van der Waals surface area contributed by atoms with Crippen molar-refractivity contribution in [2.24, 2.45) is 5.92 Å². The molecule has 106 valence electrons. The van der Waals surface area contributed by atoms with Gasteiger partial charge >= 0.3 is 5.97 Å². The van der Waals surface area contributed by atoms with Crippen LogP contribution in [0.5, 0.6) is 0 Å². The number of carbonyl (C=O) groups is 1. The molecule has 0 radical (unpaired) electrons. The van der Waals surface area contributed by atoms with Gasteiger partial charge < -0.3 is 9.84 Å². The second-order valence-electron chi connectivity index (χ2n) is 4.94. The van der Waals surface area contributed by atoms with Crippen LogP contribution in [0.3, 0.4) is 0 Å². The van der Waals surface area contributed by atoms with Gasteiger partial charge in [-0.3, -0.25) is 9.69 Å². The number of hydrogen-bond acceptors (Lipinski definition) is 5. The number of carboxylic acids is 1. The first-order valence-corrected chi connectivity index (χ1v) is 7.81. The van der Waals surface area contributed by atoms with Crippen molar-refractivity contribution >= 4 is 15.8 Å². The van der Waals surface area contributed by atoms with Crippen LogP contribution in [0.2, 0.25) is 0 Å². The second-order valence-corrected chi connectivity index (χ2v) is 7.17. The molecule has 0 aromatic heterocycles. The maximum atomic E-state index is 11.4. The summed E-state index contributed by atoms with van der Waals surface area (Å²) in [6.07, 6.45) is 0.523. The van der Waals surface area contributed by atoms with E-state index in [1.165, 1.54) is 0 Å². The third-order valence-corrected chi connectivity index (χ3v) is 4.81. The Morgan fingerprint density at radius 3 is 2.67 bits per heavy atom. The molecule has 0 aromatic rings. The molecule has 0 spiro atoms. The molecule has 0 aromatic carbocycles. The van der Waals surface area contributed by atoms with Gasteiger partial charge in [0.2, 0.25) is 0 Å². The van der Waals surface area contributed by atoms with Crippen molar-refractivity contribution in [2.45, 2.75) is 19.4 Å². The molecule has 18 heavy (non-hydrogen) atoms. The van der Waals surface area contributed by atoms with Crippen molar-refractivity contribution in [1.82, 2.24) is 4.90 Å². The maximum Gasteiger partial charge on any atom is 0.317 e. The van der Waals surface area contributed by atoms with E-state index < -0.39 is 15.8 Å². The lowest BCUT2D eigenvalue weighted by atomic mass is 10.1. The molecule has 2 atom stereocenters. The van der Waals surface area contributed by atoms with Gasteiger partial charge in [-0.25, -0.2) is 8.42 Å². The van der Waals surface area contributed by atoms with Gasteiger partial charge in [0.15, 0.2) is 9.84 Å². The van der Waals surface area contributed by atoms with Crippen molar-refractivity contribution in [3.8, 4) is 0 Å². The Bertz CT molecular complexity index is 381. The fourth-order valence-corrected chi connectivity index (χ4v) is 4.08. The van der Waals surface area contributed by atoms with Crippen LogP contribution in [-0.2, 0) is 19.4 Å². The molecule has 1 fully saturated rings. The summed E-state index contributed by atoms with van der Waals surface area (Å²) in [7, 11) is -1.39. The SMILES string of the molecule is COCC(C)CN(CC(=O)O)C1CCS(=O)(=O)C1. The van der Waals surface area contributed by atoms with Crippen LogP contribution in [0.25, 0.3) is 0 Å². The quantitative estimate of drug-likeness (QED) is 0.697. The third-order valence-electron chi connectivity index (χ3n) is 3.06. The second kappa shape index (κ2) is 6.49. The minimum atomic E-state index is -2.99. The number of hydrogen-bond donors (Lipinski definition) is 1. The zero-order valence-corrected chi connectivity index (χ0v) is 11.6. The van der Waals surface area contributed by atoms with Crippen LogP contribution in [0, 0.1) is 5.92 Å². The van der Waals surface area contributed by atoms with E-state index in [0.717, 1.165) is 0 Å². The monoisotopic (exact) mass is 279 g/mol. The molecule has 1 aliphatic rings. The lowest BCUT2D eigenvalue weighted by molar-refractivity contribution is -0.139. The molecule has 1 aliphatic heterocycles. The van der Waals surface area contributed by atoms with E-state index in [9.17, 15) is 13.2 Å². The van der Waals surface area contributed by atoms with Gasteiger partial charge in [0.25, 0.3) is 0 Å². The van der Waals surface area contributed by atoms with E-state index in [1.54, 1.807) is 12.0 Å². The molecule has 7 heteroatoms. The maximum absolute atomic E-state index is 11.4.